The van der Waals surface area contributed by atoms with E-state index in [0.29, 0.717) is 15.6 Å². The predicted octanol–water partition coefficient (Wildman–Crippen LogP) is -0.955. The first-order valence-electron chi connectivity index (χ1n) is 4.00. The molecule has 0 saturated heterocycles. The van der Waals surface area contributed by atoms with Gasteiger partial charge in [-0.15, -0.1) is 0 Å². The van der Waals surface area contributed by atoms with Crippen molar-refractivity contribution in [2.45, 2.75) is 4.90 Å². The first kappa shape index (κ1) is 12.9. The van der Waals surface area contributed by atoms with E-state index in [1.807, 2.05) is 19.3 Å². The maximum atomic E-state index is 6.02. The molecule has 3 nitrogen and oxygen atoms in total. The van der Waals surface area contributed by atoms with Crippen LogP contribution in [0.2, 0.25) is 5.02 Å². The third kappa shape index (κ3) is 2.71. The monoisotopic (exact) mass is 247 g/mol. The Balaban J connectivity index is 0.00000112. The predicted molar refractivity (Wildman–Crippen MR) is 57.1 cm³/mol. The summed E-state index contributed by atoms with van der Waals surface area (Å²) in [6.45, 7) is 0. The van der Waals surface area contributed by atoms with Gasteiger partial charge in [0.25, 0.3) is 0 Å². The fourth-order valence-corrected chi connectivity index (χ4v) is 1.51. The molecule has 2 aromatic heterocycles. The van der Waals surface area contributed by atoms with Crippen LogP contribution in [0.25, 0.3) is 11.4 Å². The summed E-state index contributed by atoms with van der Waals surface area (Å²) < 4.78 is 1.70. The van der Waals surface area contributed by atoms with Crippen molar-refractivity contribution >= 4 is 24.2 Å². The van der Waals surface area contributed by atoms with Crippen LogP contribution in [-0.4, -0.2) is 14.8 Å². The maximum Gasteiger partial charge on any atom is 1.00 e. The van der Waals surface area contributed by atoms with Crippen LogP contribution in [0.15, 0.2) is 29.4 Å². The van der Waals surface area contributed by atoms with Crippen molar-refractivity contribution in [1.29, 1.82) is 0 Å². The summed E-state index contributed by atoms with van der Waals surface area (Å²) in [5, 5.41) is 4.69. The number of aryl methyl sites for hydroxylation is 1. The molecule has 0 spiro atoms. The van der Waals surface area contributed by atoms with Crippen LogP contribution in [0.1, 0.15) is 0 Å². The summed E-state index contributed by atoms with van der Waals surface area (Å²) in [6.07, 6.45) is 3.47. The van der Waals surface area contributed by atoms with E-state index in [1.165, 1.54) is 0 Å². The van der Waals surface area contributed by atoms with Crippen LogP contribution in [-0.2, 0) is 19.7 Å². The summed E-state index contributed by atoms with van der Waals surface area (Å²) in [5.41, 5.74) is 1.38. The molecule has 0 aliphatic carbocycles. The second-order valence-corrected chi connectivity index (χ2v) is 3.66. The standard InChI is InChI=1S/C9H8ClN3S.Na/c1-13-5-3-6(12-13)9-8(10)7(14)2-4-11-9;/h2-5H,1H3,(H,11,14);/q;+1/p-1. The van der Waals surface area contributed by atoms with Gasteiger partial charge in [-0.05, 0) is 6.07 Å². The Labute approximate surface area is 121 Å². The van der Waals surface area contributed by atoms with Gasteiger partial charge in [-0.25, -0.2) is 0 Å². The van der Waals surface area contributed by atoms with Gasteiger partial charge in [0, 0.05) is 24.5 Å². The first-order valence-corrected chi connectivity index (χ1v) is 4.78. The SMILES string of the molecule is Cn1ccc(-c2nccc([S-])c2Cl)n1.[Na+]. The summed E-state index contributed by atoms with van der Waals surface area (Å²) in [7, 11) is 1.84. The fraction of sp³-hybridized carbons (Fsp3) is 0.111. The number of halogens is 1. The minimum Gasteiger partial charge on any atom is -0.778 e. The number of hydrogen-bond donors (Lipinski definition) is 0. The number of nitrogens with zero attached hydrogens (tertiary/aromatic N) is 3. The van der Waals surface area contributed by atoms with Gasteiger partial charge >= 0.3 is 29.6 Å². The van der Waals surface area contributed by atoms with Crippen molar-refractivity contribution in [3.63, 3.8) is 0 Å². The van der Waals surface area contributed by atoms with E-state index in [9.17, 15) is 0 Å². The van der Waals surface area contributed by atoms with Crippen molar-refractivity contribution in [2.75, 3.05) is 0 Å². The van der Waals surface area contributed by atoms with Gasteiger partial charge in [0.15, 0.2) is 0 Å². The summed E-state index contributed by atoms with van der Waals surface area (Å²) >= 11 is 11.1. The zero-order chi connectivity index (χ0) is 10.1. The first-order chi connectivity index (χ1) is 6.68. The molecule has 2 rings (SSSR count). The molecule has 0 bridgehead atoms. The van der Waals surface area contributed by atoms with Crippen molar-refractivity contribution in [3.05, 3.63) is 29.5 Å². The van der Waals surface area contributed by atoms with Gasteiger partial charge in [-0.1, -0.05) is 17.7 Å². The smallest absolute Gasteiger partial charge is 0.778 e. The second-order valence-electron chi connectivity index (χ2n) is 2.85. The van der Waals surface area contributed by atoms with Gasteiger partial charge in [0.2, 0.25) is 0 Å². The van der Waals surface area contributed by atoms with E-state index in [0.717, 1.165) is 5.69 Å². The molecule has 0 unspecified atom stereocenters. The normalized spacial score (nSPS) is 9.73. The maximum absolute atomic E-state index is 6.02. The Morgan fingerprint density at radius 2 is 2.13 bits per heavy atom. The molecule has 0 amide bonds. The molecule has 0 N–H and O–H groups in total. The third-order valence-corrected chi connectivity index (χ3v) is 2.64. The van der Waals surface area contributed by atoms with E-state index < -0.39 is 0 Å². The molecular weight excluding hydrogens is 241 g/mol. The van der Waals surface area contributed by atoms with Crippen LogP contribution in [0.5, 0.6) is 0 Å². The van der Waals surface area contributed by atoms with Crippen LogP contribution in [0.3, 0.4) is 0 Å². The van der Waals surface area contributed by atoms with Gasteiger partial charge in [0.05, 0.1) is 0 Å². The average molecular weight is 248 g/mol. The van der Waals surface area contributed by atoms with E-state index in [1.54, 1.807) is 16.9 Å². The molecule has 0 aliphatic rings. The van der Waals surface area contributed by atoms with Crippen molar-refractivity contribution in [1.82, 2.24) is 14.8 Å². The van der Waals surface area contributed by atoms with E-state index in [4.69, 9.17) is 24.2 Å². The topological polar surface area (TPSA) is 30.7 Å². The molecule has 2 heterocycles. The Hall–Kier alpha value is -0.130. The summed E-state index contributed by atoms with van der Waals surface area (Å²) in [4.78, 5) is 4.75. The Bertz CT molecular complexity index is 472. The molecule has 0 fully saturated rings. The molecule has 0 atom stereocenters. The van der Waals surface area contributed by atoms with Crippen LogP contribution in [0, 0.1) is 0 Å². The molecular formula is C9H7ClN3NaS. The zero-order valence-corrected chi connectivity index (χ0v) is 12.0. The van der Waals surface area contributed by atoms with E-state index in [-0.39, 0.29) is 29.6 Å². The molecule has 0 aromatic carbocycles. The van der Waals surface area contributed by atoms with Crippen molar-refractivity contribution in [2.24, 2.45) is 7.05 Å². The molecule has 72 valence electrons. The number of aromatic nitrogens is 3. The number of pyridine rings is 1. The minimum atomic E-state index is 0. The molecule has 6 heteroatoms. The molecule has 15 heavy (non-hydrogen) atoms. The van der Waals surface area contributed by atoms with E-state index in [2.05, 4.69) is 10.1 Å². The van der Waals surface area contributed by atoms with Gasteiger partial charge in [-0.2, -0.15) is 9.99 Å². The van der Waals surface area contributed by atoms with Crippen LogP contribution >= 0.6 is 11.6 Å². The Morgan fingerprint density at radius 1 is 1.40 bits per heavy atom. The molecule has 2 aromatic rings. The fourth-order valence-electron chi connectivity index (χ4n) is 1.15. The number of hydrogen-bond acceptors (Lipinski definition) is 3. The molecule has 0 saturated carbocycles. The Morgan fingerprint density at radius 3 is 2.73 bits per heavy atom. The van der Waals surface area contributed by atoms with Crippen LogP contribution in [0.4, 0.5) is 0 Å². The second kappa shape index (κ2) is 5.27. The van der Waals surface area contributed by atoms with Gasteiger partial charge in [-0.3, -0.25) is 9.67 Å². The van der Waals surface area contributed by atoms with Crippen molar-refractivity contribution < 1.29 is 29.6 Å². The Kier molecular flexibility index (Phi) is 4.55. The zero-order valence-electron chi connectivity index (χ0n) is 8.44. The van der Waals surface area contributed by atoms with Gasteiger partial charge < -0.3 is 12.6 Å². The quantitative estimate of drug-likeness (QED) is 0.481. The third-order valence-electron chi connectivity index (χ3n) is 1.81. The van der Waals surface area contributed by atoms with Gasteiger partial charge in [0.1, 0.15) is 11.4 Å². The molecule has 0 aliphatic heterocycles. The number of rotatable bonds is 1. The minimum absolute atomic E-state index is 0. The molecule has 0 radical (unpaired) electrons. The summed E-state index contributed by atoms with van der Waals surface area (Å²) in [5.74, 6) is 0. The average Bonchev–Trinajstić information content (AvgIpc) is 2.57. The summed E-state index contributed by atoms with van der Waals surface area (Å²) in [6, 6.07) is 3.55. The largest absolute Gasteiger partial charge is 1.00 e. The van der Waals surface area contributed by atoms with E-state index >= 15 is 0 Å². The van der Waals surface area contributed by atoms with Crippen LogP contribution < -0.4 is 29.6 Å². The van der Waals surface area contributed by atoms with Crippen molar-refractivity contribution in [3.8, 4) is 11.4 Å².